The van der Waals surface area contributed by atoms with Gasteiger partial charge in [-0.05, 0) is 57.4 Å². The number of ketones is 1. The van der Waals surface area contributed by atoms with E-state index < -0.39 is 5.60 Å². The third-order valence-electron chi connectivity index (χ3n) is 7.98. The van der Waals surface area contributed by atoms with Crippen LogP contribution in [0.3, 0.4) is 0 Å². The maximum Gasteiger partial charge on any atom is 0.410 e. The summed E-state index contributed by atoms with van der Waals surface area (Å²) in [6.45, 7) is 9.82. The van der Waals surface area contributed by atoms with Crippen molar-refractivity contribution in [2.24, 2.45) is 0 Å². The molecule has 222 valence electrons. The highest BCUT2D eigenvalue weighted by molar-refractivity contribution is 6.04. The number of anilines is 2. The van der Waals surface area contributed by atoms with Crippen LogP contribution in [0.1, 0.15) is 59.9 Å². The molecule has 0 atom stereocenters. The lowest BCUT2D eigenvalue weighted by molar-refractivity contribution is 0.0148. The third-order valence-corrected chi connectivity index (χ3v) is 7.98. The predicted molar refractivity (Wildman–Crippen MR) is 156 cm³/mol. The number of carbonyl (C=O) groups excluding carboxylic acids is 3. The number of nitrogens with one attached hydrogen (secondary N) is 1. The molecule has 5 heterocycles. The number of ether oxygens (including phenoxy) is 2. The Labute approximate surface area is 244 Å². The van der Waals surface area contributed by atoms with Gasteiger partial charge in [-0.15, -0.1) is 0 Å². The van der Waals surface area contributed by atoms with Crippen molar-refractivity contribution < 1.29 is 23.9 Å². The Hall–Kier alpha value is -4.19. The molecule has 2 amide bonds. The highest BCUT2D eigenvalue weighted by Crippen LogP contribution is 2.37. The van der Waals surface area contributed by atoms with Crippen molar-refractivity contribution in [2.45, 2.75) is 51.8 Å². The van der Waals surface area contributed by atoms with Crippen LogP contribution >= 0.6 is 0 Å². The first-order valence-corrected chi connectivity index (χ1v) is 14.5. The van der Waals surface area contributed by atoms with Crippen LogP contribution in [0.2, 0.25) is 0 Å². The number of piperidine rings is 1. The van der Waals surface area contributed by atoms with Crippen molar-refractivity contribution in [1.29, 1.82) is 0 Å². The fourth-order valence-corrected chi connectivity index (χ4v) is 5.86. The molecule has 2 aromatic heterocycles. The zero-order chi connectivity index (χ0) is 29.4. The lowest BCUT2D eigenvalue weighted by Crippen LogP contribution is -2.48. The van der Waals surface area contributed by atoms with Crippen LogP contribution in [0.4, 0.5) is 16.2 Å². The molecule has 1 aromatic carbocycles. The number of benzene rings is 1. The number of rotatable bonds is 6. The lowest BCUT2D eigenvalue weighted by Gasteiger charge is -2.37. The molecule has 0 saturated carbocycles. The highest BCUT2D eigenvalue weighted by atomic mass is 16.6. The average molecular weight is 576 g/mol. The number of hydrogen-bond donors (Lipinski definition) is 1. The van der Waals surface area contributed by atoms with E-state index in [4.69, 9.17) is 9.47 Å². The molecule has 3 aromatic rings. The summed E-state index contributed by atoms with van der Waals surface area (Å²) < 4.78 is 12.7. The van der Waals surface area contributed by atoms with Crippen LogP contribution in [-0.4, -0.2) is 99.8 Å². The van der Waals surface area contributed by atoms with Crippen LogP contribution in [0.25, 0.3) is 5.65 Å². The minimum absolute atomic E-state index is 0.00952. The molecule has 0 unspecified atom stereocenters. The summed E-state index contributed by atoms with van der Waals surface area (Å²) in [5.74, 6) is -0.109. The highest BCUT2D eigenvalue weighted by Gasteiger charge is 2.37. The van der Waals surface area contributed by atoms with Crippen molar-refractivity contribution in [3.63, 3.8) is 0 Å². The zero-order valence-electron chi connectivity index (χ0n) is 24.3. The van der Waals surface area contributed by atoms with E-state index in [1.807, 2.05) is 37.8 Å². The van der Waals surface area contributed by atoms with Gasteiger partial charge in [-0.2, -0.15) is 5.10 Å². The van der Waals surface area contributed by atoms with Gasteiger partial charge in [0.25, 0.3) is 5.91 Å². The van der Waals surface area contributed by atoms with Gasteiger partial charge in [0.05, 0.1) is 42.9 Å². The SMILES string of the molecule is CC(C)(C)OC(=O)N1CCC(N2Cc3cc(NCC(=O)c4cnn5cccnc45)c(N4CCOCC4)cc3C2=O)CC1. The Bertz CT molecular complexity index is 1500. The van der Waals surface area contributed by atoms with E-state index in [0.717, 1.165) is 16.9 Å². The summed E-state index contributed by atoms with van der Waals surface area (Å²) in [4.78, 5) is 49.6. The van der Waals surface area contributed by atoms with Crippen LogP contribution in [0, 0.1) is 0 Å². The first-order valence-electron chi connectivity index (χ1n) is 14.5. The van der Waals surface area contributed by atoms with Crippen LogP contribution in [0.5, 0.6) is 0 Å². The molecule has 0 radical (unpaired) electrons. The standard InChI is InChI=1S/C30H37N7O5/c1-30(2,3)42-29(40)35-9-5-21(6-10-35)36-19-20-15-24(25(16-22(20)28(36)39)34-11-13-41-14-12-34)32-18-26(38)23-17-33-37-8-4-7-31-27(23)37/h4,7-8,15-17,21,32H,5-6,9-14,18-19H2,1-3H3. The predicted octanol–water partition coefficient (Wildman–Crippen LogP) is 3.22. The van der Waals surface area contributed by atoms with E-state index in [2.05, 4.69) is 20.3 Å². The minimum atomic E-state index is -0.543. The number of amides is 2. The van der Waals surface area contributed by atoms with Gasteiger partial charge in [0.2, 0.25) is 0 Å². The Morgan fingerprint density at radius 3 is 2.62 bits per heavy atom. The number of fused-ring (bicyclic) bond motifs is 2. The Kier molecular flexibility index (Phi) is 7.48. The van der Waals surface area contributed by atoms with Gasteiger partial charge in [0.15, 0.2) is 11.4 Å². The molecule has 2 fully saturated rings. The summed E-state index contributed by atoms with van der Waals surface area (Å²) in [6, 6.07) is 5.77. The molecule has 0 aliphatic carbocycles. The second-order valence-corrected chi connectivity index (χ2v) is 12.0. The number of likely N-dealkylation sites (tertiary alicyclic amines) is 1. The van der Waals surface area contributed by atoms with E-state index in [9.17, 15) is 14.4 Å². The summed E-state index contributed by atoms with van der Waals surface area (Å²) in [6.07, 6.45) is 6.03. The molecule has 12 nitrogen and oxygen atoms in total. The van der Waals surface area contributed by atoms with Crippen molar-refractivity contribution >= 4 is 34.8 Å². The van der Waals surface area contributed by atoms with Gasteiger partial charge in [0, 0.05) is 56.7 Å². The normalized spacial score (nSPS) is 18.0. The van der Waals surface area contributed by atoms with Gasteiger partial charge in [-0.25, -0.2) is 14.3 Å². The molecule has 0 bridgehead atoms. The third kappa shape index (κ3) is 5.63. The molecule has 12 heteroatoms. The molecular formula is C30H37N7O5. The van der Waals surface area contributed by atoms with Gasteiger partial charge in [-0.3, -0.25) is 9.59 Å². The molecule has 6 rings (SSSR count). The van der Waals surface area contributed by atoms with Crippen molar-refractivity contribution in [3.05, 3.63) is 53.5 Å². The van der Waals surface area contributed by atoms with Gasteiger partial charge in [-0.1, -0.05) is 0 Å². The van der Waals surface area contributed by atoms with Crippen molar-refractivity contribution in [3.8, 4) is 0 Å². The summed E-state index contributed by atoms with van der Waals surface area (Å²) in [5.41, 5.74) is 3.75. The lowest BCUT2D eigenvalue weighted by atomic mass is 10.0. The summed E-state index contributed by atoms with van der Waals surface area (Å²) >= 11 is 0. The maximum atomic E-state index is 13.7. The number of Topliss-reactive ketones (excluding diaryl/α,β-unsaturated/α-hetero) is 1. The number of carbonyl (C=O) groups is 3. The van der Waals surface area contributed by atoms with E-state index in [0.29, 0.717) is 75.6 Å². The Morgan fingerprint density at radius 2 is 1.88 bits per heavy atom. The first-order chi connectivity index (χ1) is 20.2. The largest absolute Gasteiger partial charge is 0.444 e. The monoisotopic (exact) mass is 575 g/mol. The second-order valence-electron chi connectivity index (χ2n) is 12.0. The fourth-order valence-electron chi connectivity index (χ4n) is 5.86. The number of aromatic nitrogens is 3. The van der Waals surface area contributed by atoms with Crippen LogP contribution in [0.15, 0.2) is 36.8 Å². The number of morpholine rings is 1. The average Bonchev–Trinajstić information content (AvgIpc) is 3.56. The second kappa shape index (κ2) is 11.2. The maximum absolute atomic E-state index is 13.7. The van der Waals surface area contributed by atoms with Gasteiger partial charge < -0.3 is 29.5 Å². The summed E-state index contributed by atoms with van der Waals surface area (Å²) in [5, 5.41) is 7.59. The number of nitrogens with zero attached hydrogens (tertiary/aromatic N) is 6. The molecule has 0 spiro atoms. The van der Waals surface area contributed by atoms with Crippen LogP contribution in [-0.2, 0) is 16.0 Å². The van der Waals surface area contributed by atoms with Gasteiger partial charge in [0.1, 0.15) is 5.60 Å². The smallest absolute Gasteiger partial charge is 0.410 e. The van der Waals surface area contributed by atoms with E-state index in [1.165, 1.54) is 0 Å². The van der Waals surface area contributed by atoms with E-state index in [1.54, 1.807) is 34.1 Å². The quantitative estimate of drug-likeness (QED) is 0.442. The molecule has 3 aliphatic heterocycles. The van der Waals surface area contributed by atoms with Gasteiger partial charge >= 0.3 is 6.09 Å². The fraction of sp³-hybridized carbons (Fsp3) is 0.500. The molecular weight excluding hydrogens is 538 g/mol. The Balaban J connectivity index is 1.18. The zero-order valence-corrected chi connectivity index (χ0v) is 24.3. The van der Waals surface area contributed by atoms with Crippen molar-refractivity contribution in [1.82, 2.24) is 24.4 Å². The van der Waals surface area contributed by atoms with Crippen molar-refractivity contribution in [2.75, 3.05) is 56.2 Å². The topological polar surface area (TPSA) is 122 Å². The Morgan fingerprint density at radius 1 is 1.12 bits per heavy atom. The molecule has 3 aliphatic rings. The van der Waals surface area contributed by atoms with E-state index in [-0.39, 0.29) is 30.4 Å². The van der Waals surface area contributed by atoms with Crippen LogP contribution < -0.4 is 10.2 Å². The molecule has 1 N–H and O–H groups in total. The van der Waals surface area contributed by atoms with E-state index >= 15 is 0 Å². The minimum Gasteiger partial charge on any atom is -0.444 e. The number of hydrogen-bond acceptors (Lipinski definition) is 9. The summed E-state index contributed by atoms with van der Waals surface area (Å²) in [7, 11) is 0. The first kappa shape index (κ1) is 28.0. The molecule has 2 saturated heterocycles. The molecule has 42 heavy (non-hydrogen) atoms.